The van der Waals surface area contributed by atoms with E-state index in [1.54, 1.807) is 18.2 Å². The van der Waals surface area contributed by atoms with Gasteiger partial charge in [0.1, 0.15) is 0 Å². The molecular weight excluding hydrogens is 300 g/mol. The highest BCUT2D eigenvalue weighted by molar-refractivity contribution is 7.89. The SMILES string of the molecule is CNS(=O)(=O)c1ccccc1CNC(=O)CC1=CCCCC1. The first kappa shape index (κ1) is 16.7. The molecule has 0 aliphatic heterocycles. The Hall–Kier alpha value is -1.66. The van der Waals surface area contributed by atoms with Gasteiger partial charge in [-0.3, -0.25) is 4.79 Å². The van der Waals surface area contributed by atoms with Gasteiger partial charge >= 0.3 is 0 Å². The average molecular weight is 322 g/mol. The first-order valence-corrected chi connectivity index (χ1v) is 8.97. The number of carbonyl (C=O) groups is 1. The largest absolute Gasteiger partial charge is 0.352 e. The summed E-state index contributed by atoms with van der Waals surface area (Å²) < 4.78 is 26.2. The van der Waals surface area contributed by atoms with Gasteiger partial charge in [-0.1, -0.05) is 29.8 Å². The second kappa shape index (κ2) is 7.56. The van der Waals surface area contributed by atoms with Crippen LogP contribution in [0.5, 0.6) is 0 Å². The van der Waals surface area contributed by atoms with Crippen LogP contribution in [0.15, 0.2) is 40.8 Å². The molecule has 0 bridgehead atoms. The summed E-state index contributed by atoms with van der Waals surface area (Å²) in [6.45, 7) is 0.212. The topological polar surface area (TPSA) is 75.3 Å². The number of sulfonamides is 1. The van der Waals surface area contributed by atoms with Crippen molar-refractivity contribution < 1.29 is 13.2 Å². The van der Waals surface area contributed by atoms with Gasteiger partial charge < -0.3 is 5.32 Å². The quantitative estimate of drug-likeness (QED) is 0.788. The molecule has 1 aromatic carbocycles. The second-order valence-corrected chi connectivity index (χ2v) is 7.23. The predicted octanol–water partition coefficient (Wildman–Crippen LogP) is 2.10. The van der Waals surface area contributed by atoms with Crippen molar-refractivity contribution in [1.29, 1.82) is 0 Å². The number of allylic oxidation sites excluding steroid dienone is 1. The van der Waals surface area contributed by atoms with Crippen molar-refractivity contribution in [3.63, 3.8) is 0 Å². The van der Waals surface area contributed by atoms with Crippen molar-refractivity contribution in [3.05, 3.63) is 41.5 Å². The van der Waals surface area contributed by atoms with Gasteiger partial charge in [-0.05, 0) is 44.4 Å². The van der Waals surface area contributed by atoms with E-state index >= 15 is 0 Å². The maximum atomic E-state index is 12.0. The Morgan fingerprint density at radius 3 is 2.68 bits per heavy atom. The molecule has 1 aliphatic carbocycles. The molecule has 0 heterocycles. The van der Waals surface area contributed by atoms with E-state index in [4.69, 9.17) is 0 Å². The molecule has 0 aromatic heterocycles. The number of amides is 1. The Bertz CT molecular complexity index is 666. The van der Waals surface area contributed by atoms with Crippen LogP contribution in [0.25, 0.3) is 0 Å². The Labute approximate surface area is 131 Å². The van der Waals surface area contributed by atoms with Crippen LogP contribution in [-0.4, -0.2) is 21.4 Å². The van der Waals surface area contributed by atoms with E-state index in [2.05, 4.69) is 16.1 Å². The van der Waals surface area contributed by atoms with Gasteiger partial charge in [0.25, 0.3) is 0 Å². The van der Waals surface area contributed by atoms with Crippen LogP contribution < -0.4 is 10.0 Å². The van der Waals surface area contributed by atoms with Crippen LogP contribution in [0, 0.1) is 0 Å². The summed E-state index contributed by atoms with van der Waals surface area (Å²) in [6.07, 6.45) is 6.91. The van der Waals surface area contributed by atoms with E-state index in [0.717, 1.165) is 19.3 Å². The molecule has 0 unspecified atom stereocenters. The Morgan fingerprint density at radius 2 is 2.00 bits per heavy atom. The Balaban J connectivity index is 2.00. The third-order valence-electron chi connectivity index (χ3n) is 3.78. The standard InChI is InChI=1S/C16H22N2O3S/c1-17-22(20,21)15-10-6-5-9-14(15)12-18-16(19)11-13-7-3-2-4-8-13/h5-7,9-10,17H,2-4,8,11-12H2,1H3,(H,18,19). The van der Waals surface area contributed by atoms with Crippen LogP contribution in [0.4, 0.5) is 0 Å². The van der Waals surface area contributed by atoms with Crippen LogP contribution in [-0.2, 0) is 21.4 Å². The van der Waals surface area contributed by atoms with Crippen molar-refractivity contribution in [2.24, 2.45) is 0 Å². The molecule has 1 aromatic rings. The van der Waals surface area contributed by atoms with Gasteiger partial charge in [0, 0.05) is 13.0 Å². The van der Waals surface area contributed by atoms with E-state index in [1.807, 2.05) is 0 Å². The summed E-state index contributed by atoms with van der Waals surface area (Å²) in [7, 11) is -2.14. The van der Waals surface area contributed by atoms with Gasteiger partial charge in [0.2, 0.25) is 15.9 Å². The van der Waals surface area contributed by atoms with E-state index in [9.17, 15) is 13.2 Å². The summed E-state index contributed by atoms with van der Waals surface area (Å²) in [6, 6.07) is 6.68. The summed E-state index contributed by atoms with van der Waals surface area (Å²) in [5.74, 6) is -0.0650. The number of nitrogens with one attached hydrogen (secondary N) is 2. The fourth-order valence-corrected chi connectivity index (χ4v) is 3.51. The first-order chi connectivity index (χ1) is 10.5. The summed E-state index contributed by atoms with van der Waals surface area (Å²) in [4.78, 5) is 12.2. The molecular formula is C16H22N2O3S. The van der Waals surface area contributed by atoms with Crippen molar-refractivity contribution in [1.82, 2.24) is 10.0 Å². The molecule has 0 saturated heterocycles. The van der Waals surface area contributed by atoms with Crippen molar-refractivity contribution in [2.75, 3.05) is 7.05 Å². The maximum Gasteiger partial charge on any atom is 0.240 e. The molecule has 0 radical (unpaired) electrons. The lowest BCUT2D eigenvalue weighted by molar-refractivity contribution is -0.120. The number of hydrogen-bond donors (Lipinski definition) is 2. The van der Waals surface area contributed by atoms with Crippen molar-refractivity contribution >= 4 is 15.9 Å². The van der Waals surface area contributed by atoms with Crippen LogP contribution in [0.1, 0.15) is 37.7 Å². The summed E-state index contributed by atoms with van der Waals surface area (Å²) in [5.41, 5.74) is 1.77. The van der Waals surface area contributed by atoms with Gasteiger partial charge in [-0.2, -0.15) is 0 Å². The zero-order valence-electron chi connectivity index (χ0n) is 12.8. The minimum Gasteiger partial charge on any atom is -0.352 e. The molecule has 6 heteroatoms. The number of hydrogen-bond acceptors (Lipinski definition) is 3. The fourth-order valence-electron chi connectivity index (χ4n) is 2.55. The number of carbonyl (C=O) groups excluding carboxylic acids is 1. The number of benzene rings is 1. The lowest BCUT2D eigenvalue weighted by atomic mass is 9.97. The minimum absolute atomic E-state index is 0.0650. The molecule has 1 aliphatic rings. The van der Waals surface area contributed by atoms with Gasteiger partial charge in [0.05, 0.1) is 4.90 Å². The van der Waals surface area contributed by atoms with E-state index < -0.39 is 10.0 Å². The third-order valence-corrected chi connectivity index (χ3v) is 5.29. The molecule has 1 amide bonds. The third kappa shape index (κ3) is 4.42. The second-order valence-electron chi connectivity index (χ2n) is 5.38. The van der Waals surface area contributed by atoms with Crippen LogP contribution in [0.2, 0.25) is 0 Å². The average Bonchev–Trinajstić information content (AvgIpc) is 2.54. The highest BCUT2D eigenvalue weighted by atomic mass is 32.2. The zero-order valence-corrected chi connectivity index (χ0v) is 13.6. The number of rotatable bonds is 6. The van der Waals surface area contributed by atoms with Gasteiger partial charge in [0.15, 0.2) is 0 Å². The smallest absolute Gasteiger partial charge is 0.240 e. The first-order valence-electron chi connectivity index (χ1n) is 7.49. The monoisotopic (exact) mass is 322 g/mol. The molecule has 2 N–H and O–H groups in total. The molecule has 120 valence electrons. The van der Waals surface area contributed by atoms with Crippen molar-refractivity contribution in [3.8, 4) is 0 Å². The van der Waals surface area contributed by atoms with Crippen LogP contribution >= 0.6 is 0 Å². The molecule has 0 fully saturated rings. The Kier molecular flexibility index (Phi) is 5.74. The normalized spacial score (nSPS) is 15.2. The lowest BCUT2D eigenvalue weighted by Gasteiger charge is -2.13. The molecule has 0 spiro atoms. The molecule has 22 heavy (non-hydrogen) atoms. The summed E-state index contributed by atoms with van der Waals surface area (Å²) >= 11 is 0. The van der Waals surface area contributed by atoms with E-state index in [0.29, 0.717) is 12.0 Å². The molecule has 5 nitrogen and oxygen atoms in total. The predicted molar refractivity (Wildman–Crippen MR) is 85.7 cm³/mol. The van der Waals surface area contributed by atoms with Crippen molar-refractivity contribution in [2.45, 2.75) is 43.5 Å². The van der Waals surface area contributed by atoms with Gasteiger partial charge in [-0.25, -0.2) is 13.1 Å². The molecule has 2 rings (SSSR count). The van der Waals surface area contributed by atoms with E-state index in [1.165, 1.54) is 25.1 Å². The Morgan fingerprint density at radius 1 is 1.23 bits per heavy atom. The van der Waals surface area contributed by atoms with Crippen LogP contribution in [0.3, 0.4) is 0 Å². The maximum absolute atomic E-state index is 12.0. The molecule has 0 atom stereocenters. The highest BCUT2D eigenvalue weighted by Crippen LogP contribution is 2.20. The lowest BCUT2D eigenvalue weighted by Crippen LogP contribution is -2.26. The zero-order chi connectivity index (χ0) is 16.0. The highest BCUT2D eigenvalue weighted by Gasteiger charge is 2.16. The minimum atomic E-state index is -3.52. The van der Waals surface area contributed by atoms with E-state index in [-0.39, 0.29) is 17.3 Å². The molecule has 0 saturated carbocycles. The fraction of sp³-hybridized carbons (Fsp3) is 0.438. The summed E-state index contributed by atoms with van der Waals surface area (Å²) in [5, 5.41) is 2.81. The van der Waals surface area contributed by atoms with Gasteiger partial charge in [-0.15, -0.1) is 0 Å².